The van der Waals surface area contributed by atoms with Crippen LogP contribution in [0, 0.1) is 20.8 Å². The molecule has 0 fully saturated rings. The molecule has 3 aromatic heterocycles. The molecule has 166 valence electrons. The summed E-state index contributed by atoms with van der Waals surface area (Å²) < 4.78 is 9.75. The van der Waals surface area contributed by atoms with Gasteiger partial charge in [0.2, 0.25) is 0 Å². The molecule has 0 saturated carbocycles. The lowest BCUT2D eigenvalue weighted by atomic mass is 10.2. The van der Waals surface area contributed by atoms with Crippen molar-refractivity contribution in [3.8, 4) is 11.4 Å². The van der Waals surface area contributed by atoms with Crippen LogP contribution in [-0.2, 0) is 6.54 Å². The van der Waals surface area contributed by atoms with E-state index in [-0.39, 0.29) is 5.78 Å². The van der Waals surface area contributed by atoms with Gasteiger partial charge in [-0.05, 0) is 52.3 Å². The molecule has 0 saturated heterocycles. The third-order valence-corrected chi connectivity index (χ3v) is 6.60. The van der Waals surface area contributed by atoms with E-state index in [2.05, 4.69) is 45.3 Å². The number of aryl methyl sites for hydroxylation is 2. The van der Waals surface area contributed by atoms with E-state index in [1.807, 2.05) is 51.1 Å². The number of benzene rings is 1. The van der Waals surface area contributed by atoms with E-state index in [1.165, 1.54) is 11.8 Å². The smallest absolute Gasteiger partial charge is 0.192 e. The topological polar surface area (TPSA) is 65.8 Å². The summed E-state index contributed by atoms with van der Waals surface area (Å²) in [5.74, 6) is 1.94. The lowest BCUT2D eigenvalue weighted by Crippen LogP contribution is -2.09. The fraction of sp³-hybridized carbons (Fsp3) is 0.320. The van der Waals surface area contributed by atoms with Gasteiger partial charge in [0.05, 0.1) is 24.1 Å². The summed E-state index contributed by atoms with van der Waals surface area (Å²) in [6.45, 7) is 10.9. The standard InChI is InChI=1S/C25H28N4O2S/c1-16(2)29-17(3)13-22(18(29)4)23(30)15-32-25-27-26-24(21-11-12-31-19(21)5)28(25)14-20-9-7-6-8-10-20/h6-13,16H,14-15H2,1-5H3. The zero-order valence-corrected chi connectivity index (χ0v) is 19.9. The number of carbonyl (C=O) groups is 1. The van der Waals surface area contributed by atoms with Gasteiger partial charge in [-0.15, -0.1) is 10.2 Å². The second-order valence-electron chi connectivity index (χ2n) is 8.23. The minimum absolute atomic E-state index is 0.102. The molecule has 0 atom stereocenters. The zero-order chi connectivity index (χ0) is 22.8. The Hall–Kier alpha value is -3.06. The van der Waals surface area contributed by atoms with Gasteiger partial charge in [0.15, 0.2) is 16.8 Å². The molecule has 4 rings (SSSR count). The summed E-state index contributed by atoms with van der Waals surface area (Å²) in [5.41, 5.74) is 4.96. The molecule has 0 aliphatic rings. The Balaban J connectivity index is 1.61. The third kappa shape index (κ3) is 4.30. The SMILES string of the molecule is Cc1occc1-c1nnc(SCC(=O)c2cc(C)n(C(C)C)c2C)n1Cc1ccccc1. The van der Waals surface area contributed by atoms with Gasteiger partial charge in [-0.3, -0.25) is 9.36 Å². The highest BCUT2D eigenvalue weighted by atomic mass is 32.2. The summed E-state index contributed by atoms with van der Waals surface area (Å²) in [4.78, 5) is 13.1. The average molecular weight is 449 g/mol. The lowest BCUT2D eigenvalue weighted by Gasteiger charge is -2.13. The molecule has 0 radical (unpaired) electrons. The summed E-state index contributed by atoms with van der Waals surface area (Å²) in [6, 6.07) is 14.4. The van der Waals surface area contributed by atoms with Crippen LogP contribution >= 0.6 is 11.8 Å². The Bertz CT molecular complexity index is 1230. The monoisotopic (exact) mass is 448 g/mol. The Morgan fingerprint density at radius 3 is 2.47 bits per heavy atom. The number of carbonyl (C=O) groups excluding carboxylic acids is 1. The molecule has 0 bridgehead atoms. The largest absolute Gasteiger partial charge is 0.469 e. The van der Waals surface area contributed by atoms with Crippen molar-refractivity contribution in [1.82, 2.24) is 19.3 Å². The van der Waals surface area contributed by atoms with Crippen LogP contribution in [0.15, 0.2) is 58.3 Å². The highest BCUT2D eigenvalue weighted by molar-refractivity contribution is 7.99. The number of Topliss-reactive ketones (excluding diaryl/α,β-unsaturated/α-hetero) is 1. The fourth-order valence-electron chi connectivity index (χ4n) is 4.18. The summed E-state index contributed by atoms with van der Waals surface area (Å²) in [7, 11) is 0. The van der Waals surface area contributed by atoms with Crippen molar-refractivity contribution in [2.75, 3.05) is 5.75 Å². The van der Waals surface area contributed by atoms with Crippen LogP contribution in [0.25, 0.3) is 11.4 Å². The molecule has 0 amide bonds. The number of rotatable bonds is 8. The second kappa shape index (κ2) is 9.20. The normalized spacial score (nSPS) is 11.4. The highest BCUT2D eigenvalue weighted by Gasteiger charge is 2.21. The molecule has 6 nitrogen and oxygen atoms in total. The molecule has 32 heavy (non-hydrogen) atoms. The maximum atomic E-state index is 13.1. The predicted octanol–water partition coefficient (Wildman–Crippen LogP) is 5.87. The Labute approximate surface area is 192 Å². The van der Waals surface area contributed by atoms with E-state index in [4.69, 9.17) is 4.42 Å². The van der Waals surface area contributed by atoms with Crippen LogP contribution in [0.5, 0.6) is 0 Å². The average Bonchev–Trinajstić information content (AvgIpc) is 3.44. The van der Waals surface area contributed by atoms with Gasteiger partial charge in [-0.2, -0.15) is 0 Å². The molecule has 0 aliphatic carbocycles. The van der Waals surface area contributed by atoms with Crippen molar-refractivity contribution in [3.63, 3.8) is 0 Å². The molecule has 3 heterocycles. The van der Waals surface area contributed by atoms with E-state index in [1.54, 1.807) is 6.26 Å². The first-order valence-electron chi connectivity index (χ1n) is 10.7. The quantitative estimate of drug-likeness (QED) is 0.249. The third-order valence-electron chi connectivity index (χ3n) is 5.63. The van der Waals surface area contributed by atoms with E-state index >= 15 is 0 Å². The summed E-state index contributed by atoms with van der Waals surface area (Å²) in [6.07, 6.45) is 1.66. The molecule has 1 aromatic carbocycles. The van der Waals surface area contributed by atoms with Gasteiger partial charge in [-0.25, -0.2) is 0 Å². The summed E-state index contributed by atoms with van der Waals surface area (Å²) >= 11 is 1.43. The van der Waals surface area contributed by atoms with Crippen LogP contribution in [0.3, 0.4) is 0 Å². The van der Waals surface area contributed by atoms with Crippen molar-refractivity contribution in [1.29, 1.82) is 0 Å². The first-order valence-corrected chi connectivity index (χ1v) is 11.7. The van der Waals surface area contributed by atoms with Crippen molar-refractivity contribution in [2.24, 2.45) is 0 Å². The number of thioether (sulfide) groups is 1. The first kappa shape index (κ1) is 22.1. The molecule has 0 unspecified atom stereocenters. The predicted molar refractivity (Wildman–Crippen MR) is 127 cm³/mol. The van der Waals surface area contributed by atoms with E-state index in [9.17, 15) is 4.79 Å². The minimum Gasteiger partial charge on any atom is -0.469 e. The first-order chi connectivity index (χ1) is 15.4. The van der Waals surface area contributed by atoms with Crippen molar-refractivity contribution in [2.45, 2.75) is 52.4 Å². The Morgan fingerprint density at radius 2 is 1.84 bits per heavy atom. The van der Waals surface area contributed by atoms with Crippen LogP contribution in [0.2, 0.25) is 0 Å². The number of ketones is 1. The van der Waals surface area contributed by atoms with Gasteiger partial charge in [-0.1, -0.05) is 42.1 Å². The van der Waals surface area contributed by atoms with Crippen LogP contribution in [0.4, 0.5) is 0 Å². The molecule has 4 aromatic rings. The maximum Gasteiger partial charge on any atom is 0.192 e. The lowest BCUT2D eigenvalue weighted by molar-refractivity contribution is 0.102. The van der Waals surface area contributed by atoms with Crippen LogP contribution in [-0.4, -0.2) is 30.9 Å². The van der Waals surface area contributed by atoms with Gasteiger partial charge < -0.3 is 8.98 Å². The van der Waals surface area contributed by atoms with Crippen molar-refractivity contribution < 1.29 is 9.21 Å². The van der Waals surface area contributed by atoms with E-state index in [0.717, 1.165) is 44.8 Å². The fourth-order valence-corrected chi connectivity index (χ4v) is 5.00. The maximum absolute atomic E-state index is 13.1. The molecule has 7 heteroatoms. The second-order valence-corrected chi connectivity index (χ2v) is 9.17. The van der Waals surface area contributed by atoms with Crippen LogP contribution in [0.1, 0.15) is 53.0 Å². The van der Waals surface area contributed by atoms with Gasteiger partial charge in [0, 0.05) is 23.0 Å². The van der Waals surface area contributed by atoms with Gasteiger partial charge in [0.1, 0.15) is 5.76 Å². The molecular formula is C25H28N4O2S. The van der Waals surface area contributed by atoms with Crippen LogP contribution < -0.4 is 0 Å². The zero-order valence-electron chi connectivity index (χ0n) is 19.1. The number of hydrogen-bond donors (Lipinski definition) is 0. The molecule has 0 aliphatic heterocycles. The van der Waals surface area contributed by atoms with Gasteiger partial charge in [0.25, 0.3) is 0 Å². The number of furan rings is 1. The Kier molecular flexibility index (Phi) is 6.37. The number of aromatic nitrogens is 4. The molecular weight excluding hydrogens is 420 g/mol. The number of nitrogens with zero attached hydrogens (tertiary/aromatic N) is 4. The van der Waals surface area contributed by atoms with E-state index < -0.39 is 0 Å². The van der Waals surface area contributed by atoms with Crippen molar-refractivity contribution in [3.05, 3.63) is 77.0 Å². The molecule has 0 spiro atoms. The molecule has 0 N–H and O–H groups in total. The summed E-state index contributed by atoms with van der Waals surface area (Å²) in [5, 5.41) is 9.59. The van der Waals surface area contributed by atoms with E-state index in [0.29, 0.717) is 18.3 Å². The van der Waals surface area contributed by atoms with Gasteiger partial charge >= 0.3 is 0 Å². The highest BCUT2D eigenvalue weighted by Crippen LogP contribution is 2.29. The van der Waals surface area contributed by atoms with Crippen molar-refractivity contribution >= 4 is 17.5 Å². The number of hydrogen-bond acceptors (Lipinski definition) is 5. The minimum atomic E-state index is 0.102. The Morgan fingerprint density at radius 1 is 1.09 bits per heavy atom.